The Bertz CT molecular complexity index is 690. The van der Waals surface area contributed by atoms with Crippen molar-refractivity contribution in [1.82, 2.24) is 5.32 Å². The van der Waals surface area contributed by atoms with Crippen LogP contribution in [0.25, 0.3) is 0 Å². The molecule has 0 fully saturated rings. The Morgan fingerprint density at radius 1 is 1.23 bits per heavy atom. The molecule has 0 saturated heterocycles. The van der Waals surface area contributed by atoms with Crippen LogP contribution >= 0.6 is 39.3 Å². The SMILES string of the molecule is Cc1cc(SCC(=O)NCc2cccc(Cl)c2)c(C)cc1Br. The van der Waals surface area contributed by atoms with Crippen molar-refractivity contribution in [1.29, 1.82) is 0 Å². The van der Waals surface area contributed by atoms with E-state index in [2.05, 4.69) is 40.3 Å². The van der Waals surface area contributed by atoms with Crippen LogP contribution in [0, 0.1) is 13.8 Å². The summed E-state index contributed by atoms with van der Waals surface area (Å²) in [5.41, 5.74) is 3.35. The summed E-state index contributed by atoms with van der Waals surface area (Å²) < 4.78 is 1.10. The smallest absolute Gasteiger partial charge is 0.230 e. The van der Waals surface area contributed by atoms with Crippen molar-refractivity contribution in [2.45, 2.75) is 25.3 Å². The molecule has 2 aromatic carbocycles. The predicted octanol–water partition coefficient (Wildman–Crippen LogP) is 5.13. The maximum absolute atomic E-state index is 12.0. The fraction of sp³-hybridized carbons (Fsp3) is 0.235. The first-order chi connectivity index (χ1) is 10.5. The van der Waals surface area contributed by atoms with E-state index in [0.717, 1.165) is 14.9 Å². The van der Waals surface area contributed by atoms with E-state index in [1.807, 2.05) is 31.2 Å². The summed E-state index contributed by atoms with van der Waals surface area (Å²) in [6, 6.07) is 11.7. The Kier molecular flexibility index (Phi) is 6.36. The highest BCUT2D eigenvalue weighted by Crippen LogP contribution is 2.28. The summed E-state index contributed by atoms with van der Waals surface area (Å²) in [6.07, 6.45) is 0. The summed E-state index contributed by atoms with van der Waals surface area (Å²) in [5, 5.41) is 3.60. The molecule has 1 amide bonds. The summed E-state index contributed by atoms with van der Waals surface area (Å²) in [5.74, 6) is 0.424. The van der Waals surface area contributed by atoms with Gasteiger partial charge in [0.25, 0.3) is 0 Å². The van der Waals surface area contributed by atoms with Gasteiger partial charge in [0.2, 0.25) is 5.91 Å². The van der Waals surface area contributed by atoms with Crippen LogP contribution < -0.4 is 5.32 Å². The number of aryl methyl sites for hydroxylation is 2. The van der Waals surface area contributed by atoms with E-state index in [9.17, 15) is 4.79 Å². The molecule has 0 aliphatic carbocycles. The monoisotopic (exact) mass is 397 g/mol. The zero-order chi connectivity index (χ0) is 16.1. The van der Waals surface area contributed by atoms with Crippen LogP contribution in [0.3, 0.4) is 0 Å². The molecule has 0 aliphatic heterocycles. The van der Waals surface area contributed by atoms with Gasteiger partial charge in [-0.25, -0.2) is 0 Å². The Hall–Kier alpha value is -0.970. The van der Waals surface area contributed by atoms with E-state index >= 15 is 0 Å². The number of carbonyl (C=O) groups excluding carboxylic acids is 1. The number of halogens is 2. The molecule has 0 atom stereocenters. The van der Waals surface area contributed by atoms with Crippen LogP contribution in [-0.2, 0) is 11.3 Å². The normalized spacial score (nSPS) is 10.5. The highest BCUT2D eigenvalue weighted by atomic mass is 79.9. The minimum absolute atomic E-state index is 0.0185. The number of benzene rings is 2. The molecule has 0 aliphatic rings. The van der Waals surface area contributed by atoms with Crippen LogP contribution in [0.2, 0.25) is 5.02 Å². The van der Waals surface area contributed by atoms with Crippen molar-refractivity contribution in [2.24, 2.45) is 0 Å². The summed E-state index contributed by atoms with van der Waals surface area (Å²) in [7, 11) is 0. The first kappa shape index (κ1) is 17.4. The van der Waals surface area contributed by atoms with Gasteiger partial charge in [0, 0.05) is 20.9 Å². The van der Waals surface area contributed by atoms with Gasteiger partial charge in [0.15, 0.2) is 0 Å². The van der Waals surface area contributed by atoms with E-state index < -0.39 is 0 Å². The third-order valence-corrected chi connectivity index (χ3v) is 5.44. The molecule has 0 radical (unpaired) electrons. The Balaban J connectivity index is 1.87. The van der Waals surface area contributed by atoms with Gasteiger partial charge >= 0.3 is 0 Å². The van der Waals surface area contributed by atoms with E-state index in [0.29, 0.717) is 17.3 Å². The molecule has 2 rings (SSSR count). The molecule has 22 heavy (non-hydrogen) atoms. The van der Waals surface area contributed by atoms with Gasteiger partial charge in [0.05, 0.1) is 5.75 Å². The molecule has 0 spiro atoms. The fourth-order valence-corrected chi connectivity index (χ4v) is 3.56. The second-order valence-electron chi connectivity index (χ2n) is 5.06. The molecule has 0 unspecified atom stereocenters. The van der Waals surface area contributed by atoms with Crippen molar-refractivity contribution in [3.05, 3.63) is 62.6 Å². The minimum Gasteiger partial charge on any atom is -0.351 e. The van der Waals surface area contributed by atoms with Gasteiger partial charge in [-0.3, -0.25) is 4.79 Å². The topological polar surface area (TPSA) is 29.1 Å². The molecule has 0 heterocycles. The summed E-state index contributed by atoms with van der Waals surface area (Å²) in [4.78, 5) is 13.1. The zero-order valence-corrected chi connectivity index (χ0v) is 15.6. The number of carbonyl (C=O) groups is 1. The molecule has 0 bridgehead atoms. The predicted molar refractivity (Wildman–Crippen MR) is 97.6 cm³/mol. The number of hydrogen-bond donors (Lipinski definition) is 1. The lowest BCUT2D eigenvalue weighted by Gasteiger charge is -2.09. The van der Waals surface area contributed by atoms with E-state index in [1.165, 1.54) is 11.1 Å². The lowest BCUT2D eigenvalue weighted by molar-refractivity contribution is -0.118. The first-order valence-electron chi connectivity index (χ1n) is 6.86. The third kappa shape index (κ3) is 5.04. The second-order valence-corrected chi connectivity index (χ2v) is 7.37. The summed E-state index contributed by atoms with van der Waals surface area (Å²) >= 11 is 11.0. The lowest BCUT2D eigenvalue weighted by Crippen LogP contribution is -2.24. The molecule has 5 heteroatoms. The van der Waals surface area contributed by atoms with Gasteiger partial charge in [0.1, 0.15) is 0 Å². The molecule has 116 valence electrons. The van der Waals surface area contributed by atoms with Gasteiger partial charge in [-0.15, -0.1) is 11.8 Å². The van der Waals surface area contributed by atoms with E-state index in [1.54, 1.807) is 11.8 Å². The quantitative estimate of drug-likeness (QED) is 0.708. The maximum Gasteiger partial charge on any atom is 0.230 e. The van der Waals surface area contributed by atoms with Crippen molar-refractivity contribution in [2.75, 3.05) is 5.75 Å². The Morgan fingerprint density at radius 3 is 2.73 bits per heavy atom. The number of nitrogens with one attached hydrogen (secondary N) is 1. The highest BCUT2D eigenvalue weighted by molar-refractivity contribution is 9.10. The minimum atomic E-state index is 0.0185. The van der Waals surface area contributed by atoms with E-state index in [4.69, 9.17) is 11.6 Å². The second kappa shape index (κ2) is 8.04. The average molecular weight is 399 g/mol. The van der Waals surface area contributed by atoms with Crippen molar-refractivity contribution >= 4 is 45.2 Å². The standard InChI is InChI=1S/C17H17BrClNOS/c1-11-7-16(12(2)6-15(11)18)22-10-17(21)20-9-13-4-3-5-14(19)8-13/h3-8H,9-10H2,1-2H3,(H,20,21). The molecule has 1 N–H and O–H groups in total. The molecule has 0 aromatic heterocycles. The average Bonchev–Trinajstić information content (AvgIpc) is 2.47. The van der Waals surface area contributed by atoms with Crippen LogP contribution in [-0.4, -0.2) is 11.7 Å². The zero-order valence-electron chi connectivity index (χ0n) is 12.5. The Labute approximate surface area is 148 Å². The van der Waals surface area contributed by atoms with Crippen LogP contribution in [0.1, 0.15) is 16.7 Å². The van der Waals surface area contributed by atoms with Crippen LogP contribution in [0.5, 0.6) is 0 Å². The van der Waals surface area contributed by atoms with Crippen LogP contribution in [0.15, 0.2) is 45.8 Å². The van der Waals surface area contributed by atoms with E-state index in [-0.39, 0.29) is 5.91 Å². The van der Waals surface area contributed by atoms with Crippen molar-refractivity contribution < 1.29 is 4.79 Å². The van der Waals surface area contributed by atoms with Crippen molar-refractivity contribution in [3.63, 3.8) is 0 Å². The maximum atomic E-state index is 12.0. The lowest BCUT2D eigenvalue weighted by atomic mass is 10.2. The number of rotatable bonds is 5. The molecule has 2 nitrogen and oxygen atoms in total. The molecule has 2 aromatic rings. The number of thioether (sulfide) groups is 1. The van der Waals surface area contributed by atoms with Gasteiger partial charge in [-0.05, 0) is 54.8 Å². The molecular formula is C17H17BrClNOS. The molecule has 0 saturated carbocycles. The number of amides is 1. The number of hydrogen-bond acceptors (Lipinski definition) is 2. The van der Waals surface area contributed by atoms with Crippen molar-refractivity contribution in [3.8, 4) is 0 Å². The van der Waals surface area contributed by atoms with Gasteiger partial charge in [-0.2, -0.15) is 0 Å². The van der Waals surface area contributed by atoms with Gasteiger partial charge < -0.3 is 5.32 Å². The summed E-state index contributed by atoms with van der Waals surface area (Å²) in [6.45, 7) is 4.60. The fourth-order valence-electron chi connectivity index (χ4n) is 1.95. The third-order valence-electron chi connectivity index (χ3n) is 3.19. The highest BCUT2D eigenvalue weighted by Gasteiger charge is 2.07. The van der Waals surface area contributed by atoms with Gasteiger partial charge in [-0.1, -0.05) is 39.7 Å². The first-order valence-corrected chi connectivity index (χ1v) is 9.02. The largest absolute Gasteiger partial charge is 0.351 e. The Morgan fingerprint density at radius 2 is 2.00 bits per heavy atom. The van der Waals surface area contributed by atoms with Crippen LogP contribution in [0.4, 0.5) is 0 Å². The molecular weight excluding hydrogens is 382 g/mol.